The minimum Gasteiger partial charge on any atom is -0.102 e. The fourth-order valence-electron chi connectivity index (χ4n) is 0.921. The van der Waals surface area contributed by atoms with Crippen LogP contribution in [-0.2, 0) is 0 Å². The third-order valence-electron chi connectivity index (χ3n) is 2.09. The standard InChI is InChI=1S/C14H16/c1-5-14(3,4)11-10-13-8-6-12(2)7-9-13/h5-9H,1H2,2-4H3. The number of hydrogen-bond acceptors (Lipinski definition) is 0. The highest BCUT2D eigenvalue weighted by atomic mass is 14.1. The molecule has 0 aromatic heterocycles. The van der Waals surface area contributed by atoms with E-state index in [1.165, 1.54) is 5.56 Å². The zero-order valence-corrected chi connectivity index (χ0v) is 9.09. The first-order valence-electron chi connectivity index (χ1n) is 4.77. The second-order valence-electron chi connectivity index (χ2n) is 4.04. The van der Waals surface area contributed by atoms with Crippen molar-refractivity contribution in [2.24, 2.45) is 5.41 Å². The molecule has 1 aromatic carbocycles. The van der Waals surface area contributed by atoms with E-state index in [1.807, 2.05) is 18.2 Å². The maximum Gasteiger partial charge on any atom is 0.0438 e. The van der Waals surface area contributed by atoms with Crippen molar-refractivity contribution in [3.8, 4) is 11.8 Å². The molecule has 0 heterocycles. The number of benzene rings is 1. The third kappa shape index (κ3) is 3.11. The largest absolute Gasteiger partial charge is 0.102 e. The van der Waals surface area contributed by atoms with Crippen molar-refractivity contribution in [1.82, 2.24) is 0 Å². The van der Waals surface area contributed by atoms with Gasteiger partial charge >= 0.3 is 0 Å². The highest BCUT2D eigenvalue weighted by Crippen LogP contribution is 2.14. The van der Waals surface area contributed by atoms with E-state index in [2.05, 4.69) is 51.3 Å². The molecule has 0 fully saturated rings. The van der Waals surface area contributed by atoms with Gasteiger partial charge in [0, 0.05) is 11.0 Å². The Labute approximate surface area is 86.7 Å². The number of allylic oxidation sites excluding steroid dienone is 1. The van der Waals surface area contributed by atoms with Gasteiger partial charge in [-0.2, -0.15) is 0 Å². The summed E-state index contributed by atoms with van der Waals surface area (Å²) in [6, 6.07) is 8.23. The summed E-state index contributed by atoms with van der Waals surface area (Å²) in [5, 5.41) is 0. The Bertz CT molecular complexity index is 369. The van der Waals surface area contributed by atoms with Gasteiger partial charge in [-0.05, 0) is 32.9 Å². The Morgan fingerprint density at radius 3 is 2.29 bits per heavy atom. The summed E-state index contributed by atoms with van der Waals surface area (Å²) in [6.07, 6.45) is 1.87. The summed E-state index contributed by atoms with van der Waals surface area (Å²) in [4.78, 5) is 0. The van der Waals surface area contributed by atoms with Crippen molar-refractivity contribution in [3.05, 3.63) is 48.0 Å². The van der Waals surface area contributed by atoms with E-state index in [-0.39, 0.29) is 5.41 Å². The van der Waals surface area contributed by atoms with Crippen molar-refractivity contribution < 1.29 is 0 Å². The second-order valence-corrected chi connectivity index (χ2v) is 4.04. The third-order valence-corrected chi connectivity index (χ3v) is 2.09. The maximum absolute atomic E-state index is 3.76. The first-order chi connectivity index (χ1) is 6.53. The lowest BCUT2D eigenvalue weighted by molar-refractivity contribution is 0.657. The van der Waals surface area contributed by atoms with Gasteiger partial charge in [-0.3, -0.25) is 0 Å². The SMILES string of the molecule is C=CC(C)(C)C#Cc1ccc(C)cc1. The maximum atomic E-state index is 3.76. The average Bonchev–Trinajstić information content (AvgIpc) is 2.17. The molecule has 0 heteroatoms. The molecule has 1 rings (SSSR count). The number of rotatable bonds is 1. The van der Waals surface area contributed by atoms with Gasteiger partial charge in [0.2, 0.25) is 0 Å². The first-order valence-corrected chi connectivity index (χ1v) is 4.77. The summed E-state index contributed by atoms with van der Waals surface area (Å²) in [5.41, 5.74) is 2.22. The van der Waals surface area contributed by atoms with Gasteiger partial charge in [0.15, 0.2) is 0 Å². The van der Waals surface area contributed by atoms with Crippen LogP contribution in [0.3, 0.4) is 0 Å². The molecule has 0 N–H and O–H groups in total. The Kier molecular flexibility index (Phi) is 3.14. The highest BCUT2D eigenvalue weighted by Gasteiger charge is 2.06. The van der Waals surface area contributed by atoms with Gasteiger partial charge in [0.25, 0.3) is 0 Å². The molecule has 0 nitrogen and oxygen atoms in total. The molecule has 0 bridgehead atoms. The highest BCUT2D eigenvalue weighted by molar-refractivity contribution is 5.37. The van der Waals surface area contributed by atoms with Crippen LogP contribution in [0.4, 0.5) is 0 Å². The van der Waals surface area contributed by atoms with Crippen LogP contribution in [0.1, 0.15) is 25.0 Å². The van der Waals surface area contributed by atoms with Crippen LogP contribution in [0.5, 0.6) is 0 Å². The van der Waals surface area contributed by atoms with Gasteiger partial charge in [0.1, 0.15) is 0 Å². The van der Waals surface area contributed by atoms with Crippen LogP contribution in [0.15, 0.2) is 36.9 Å². The molecule has 72 valence electrons. The number of hydrogen-bond donors (Lipinski definition) is 0. The topological polar surface area (TPSA) is 0 Å². The second kappa shape index (κ2) is 4.15. The zero-order valence-electron chi connectivity index (χ0n) is 9.09. The van der Waals surface area contributed by atoms with E-state index in [0.717, 1.165) is 5.56 Å². The Morgan fingerprint density at radius 2 is 1.79 bits per heavy atom. The van der Waals surface area contributed by atoms with Crippen molar-refractivity contribution >= 4 is 0 Å². The predicted octanol–water partition coefficient (Wildman–Crippen LogP) is 3.56. The van der Waals surface area contributed by atoms with Crippen molar-refractivity contribution in [3.63, 3.8) is 0 Å². The van der Waals surface area contributed by atoms with Crippen molar-refractivity contribution in [2.75, 3.05) is 0 Å². The van der Waals surface area contributed by atoms with Gasteiger partial charge in [-0.25, -0.2) is 0 Å². The van der Waals surface area contributed by atoms with E-state index < -0.39 is 0 Å². The van der Waals surface area contributed by atoms with Crippen LogP contribution >= 0.6 is 0 Å². The molecule has 0 atom stereocenters. The summed E-state index contributed by atoms with van der Waals surface area (Å²) in [5.74, 6) is 6.32. The van der Waals surface area contributed by atoms with Gasteiger partial charge in [0.05, 0.1) is 0 Å². The molecule has 0 aliphatic heterocycles. The van der Waals surface area contributed by atoms with Crippen LogP contribution in [-0.4, -0.2) is 0 Å². The predicted molar refractivity (Wildman–Crippen MR) is 62.0 cm³/mol. The average molecular weight is 184 g/mol. The molecule has 0 saturated carbocycles. The lowest BCUT2D eigenvalue weighted by Crippen LogP contribution is -2.01. The van der Waals surface area contributed by atoms with Crippen LogP contribution in [0, 0.1) is 24.2 Å². The summed E-state index contributed by atoms with van der Waals surface area (Å²) < 4.78 is 0. The summed E-state index contributed by atoms with van der Waals surface area (Å²) >= 11 is 0. The monoisotopic (exact) mass is 184 g/mol. The molecule has 14 heavy (non-hydrogen) atoms. The fraction of sp³-hybridized carbons (Fsp3) is 0.286. The van der Waals surface area contributed by atoms with Crippen LogP contribution < -0.4 is 0 Å². The van der Waals surface area contributed by atoms with E-state index in [0.29, 0.717) is 0 Å². The molecule has 0 aliphatic carbocycles. The van der Waals surface area contributed by atoms with E-state index in [1.54, 1.807) is 0 Å². The van der Waals surface area contributed by atoms with E-state index in [4.69, 9.17) is 0 Å². The smallest absolute Gasteiger partial charge is 0.0438 e. The van der Waals surface area contributed by atoms with Gasteiger partial charge in [-0.15, -0.1) is 6.58 Å². The fourth-order valence-corrected chi connectivity index (χ4v) is 0.921. The molecule has 0 radical (unpaired) electrons. The van der Waals surface area contributed by atoms with Crippen LogP contribution in [0.25, 0.3) is 0 Å². The lowest BCUT2D eigenvalue weighted by atomic mass is 9.94. The quantitative estimate of drug-likeness (QED) is 0.462. The molecular weight excluding hydrogens is 168 g/mol. The molecular formula is C14H16. The van der Waals surface area contributed by atoms with Gasteiger partial charge < -0.3 is 0 Å². The minimum absolute atomic E-state index is 0.106. The lowest BCUT2D eigenvalue weighted by Gasteiger charge is -2.08. The Morgan fingerprint density at radius 1 is 1.21 bits per heavy atom. The molecule has 0 unspecified atom stereocenters. The van der Waals surface area contributed by atoms with Crippen molar-refractivity contribution in [2.45, 2.75) is 20.8 Å². The molecule has 1 aromatic rings. The Hall–Kier alpha value is -1.48. The molecule has 0 saturated heterocycles. The Balaban J connectivity index is 2.88. The van der Waals surface area contributed by atoms with Crippen LogP contribution in [0.2, 0.25) is 0 Å². The summed E-state index contributed by atoms with van der Waals surface area (Å²) in [6.45, 7) is 9.94. The van der Waals surface area contributed by atoms with E-state index in [9.17, 15) is 0 Å². The normalized spacial score (nSPS) is 10.2. The number of aryl methyl sites for hydroxylation is 1. The summed E-state index contributed by atoms with van der Waals surface area (Å²) in [7, 11) is 0. The first kappa shape index (κ1) is 10.6. The molecule has 0 amide bonds. The van der Waals surface area contributed by atoms with Crippen molar-refractivity contribution in [1.29, 1.82) is 0 Å². The van der Waals surface area contributed by atoms with E-state index >= 15 is 0 Å². The molecule has 0 spiro atoms. The minimum atomic E-state index is -0.106. The molecule has 0 aliphatic rings. The zero-order chi connectivity index (χ0) is 10.6. The van der Waals surface area contributed by atoms with Gasteiger partial charge in [-0.1, -0.05) is 35.6 Å².